The standard InChI is InChI=1S/C14H20N2O5S2/c1-14(6-4-3-5-10(14)13(18)19)16-12(17)11-7-9(8-22-11)23(20,21)15-2/h7-8,10,15H,3-6H2,1-2H3,(H,16,17)(H,18,19). The van der Waals surface area contributed by atoms with Gasteiger partial charge in [-0.1, -0.05) is 12.8 Å². The van der Waals surface area contributed by atoms with Gasteiger partial charge < -0.3 is 10.4 Å². The van der Waals surface area contributed by atoms with Crippen LogP contribution in [0.25, 0.3) is 0 Å². The second kappa shape index (κ2) is 6.58. The number of aliphatic carboxylic acids is 1. The van der Waals surface area contributed by atoms with Gasteiger partial charge in [-0.2, -0.15) is 0 Å². The lowest BCUT2D eigenvalue weighted by molar-refractivity contribution is -0.145. The van der Waals surface area contributed by atoms with E-state index in [0.29, 0.717) is 12.8 Å². The zero-order valence-corrected chi connectivity index (χ0v) is 14.6. The zero-order valence-electron chi connectivity index (χ0n) is 13.0. The van der Waals surface area contributed by atoms with Crippen molar-refractivity contribution < 1.29 is 23.1 Å². The first-order valence-corrected chi connectivity index (χ1v) is 9.63. The van der Waals surface area contributed by atoms with Gasteiger partial charge in [0.15, 0.2) is 0 Å². The molecule has 0 saturated heterocycles. The monoisotopic (exact) mass is 360 g/mol. The van der Waals surface area contributed by atoms with Crippen LogP contribution >= 0.6 is 11.3 Å². The molecule has 0 aromatic carbocycles. The largest absolute Gasteiger partial charge is 0.481 e. The molecule has 7 nitrogen and oxygen atoms in total. The van der Waals surface area contributed by atoms with Crippen LogP contribution in [0.4, 0.5) is 0 Å². The van der Waals surface area contributed by atoms with Crippen LogP contribution in [0.2, 0.25) is 0 Å². The van der Waals surface area contributed by atoms with Gasteiger partial charge in [-0.05, 0) is 32.9 Å². The summed E-state index contributed by atoms with van der Waals surface area (Å²) >= 11 is 1.02. The van der Waals surface area contributed by atoms with E-state index in [2.05, 4.69) is 10.0 Å². The highest BCUT2D eigenvalue weighted by molar-refractivity contribution is 7.89. The number of rotatable bonds is 5. The summed E-state index contributed by atoms with van der Waals surface area (Å²) < 4.78 is 25.6. The number of amides is 1. The lowest BCUT2D eigenvalue weighted by atomic mass is 9.74. The highest BCUT2D eigenvalue weighted by Gasteiger charge is 2.42. The maximum Gasteiger partial charge on any atom is 0.308 e. The van der Waals surface area contributed by atoms with Crippen LogP contribution in [-0.4, -0.2) is 38.0 Å². The van der Waals surface area contributed by atoms with Crippen LogP contribution in [-0.2, 0) is 14.8 Å². The Bertz CT molecular complexity index is 713. The molecular formula is C14H20N2O5S2. The Kier molecular flexibility index (Phi) is 5.12. The zero-order chi connectivity index (χ0) is 17.3. The molecule has 23 heavy (non-hydrogen) atoms. The summed E-state index contributed by atoms with van der Waals surface area (Å²) in [5.41, 5.74) is -0.826. The van der Waals surface area contributed by atoms with Gasteiger partial charge in [0.2, 0.25) is 10.0 Å². The Labute approximate surface area is 139 Å². The van der Waals surface area contributed by atoms with Crippen molar-refractivity contribution in [1.82, 2.24) is 10.0 Å². The fraction of sp³-hybridized carbons (Fsp3) is 0.571. The molecule has 1 amide bonds. The van der Waals surface area contributed by atoms with Crippen molar-refractivity contribution in [3.8, 4) is 0 Å². The van der Waals surface area contributed by atoms with Gasteiger partial charge in [0, 0.05) is 5.38 Å². The molecule has 1 aliphatic carbocycles. The van der Waals surface area contributed by atoms with E-state index in [1.807, 2.05) is 0 Å². The second-order valence-corrected chi connectivity index (χ2v) is 8.66. The van der Waals surface area contributed by atoms with Crippen LogP contribution in [0, 0.1) is 5.92 Å². The lowest BCUT2D eigenvalue weighted by Crippen LogP contribution is -2.55. The molecule has 3 N–H and O–H groups in total. The minimum absolute atomic E-state index is 0.0266. The van der Waals surface area contributed by atoms with E-state index in [1.165, 1.54) is 18.5 Å². The Morgan fingerprint density at radius 1 is 1.39 bits per heavy atom. The Morgan fingerprint density at radius 2 is 2.09 bits per heavy atom. The smallest absolute Gasteiger partial charge is 0.308 e. The van der Waals surface area contributed by atoms with E-state index in [4.69, 9.17) is 0 Å². The summed E-state index contributed by atoms with van der Waals surface area (Å²) in [6, 6.07) is 1.30. The average molecular weight is 360 g/mol. The minimum Gasteiger partial charge on any atom is -0.481 e. The topological polar surface area (TPSA) is 113 Å². The Hall–Kier alpha value is -1.45. The van der Waals surface area contributed by atoms with E-state index < -0.39 is 33.4 Å². The van der Waals surface area contributed by atoms with Crippen molar-refractivity contribution in [2.75, 3.05) is 7.05 Å². The predicted molar refractivity (Wildman–Crippen MR) is 86.0 cm³/mol. The molecule has 2 rings (SSSR count). The molecule has 1 heterocycles. The van der Waals surface area contributed by atoms with Gasteiger partial charge in [0.05, 0.1) is 21.2 Å². The third kappa shape index (κ3) is 3.73. The normalized spacial score (nSPS) is 25.0. The fourth-order valence-corrected chi connectivity index (χ4v) is 4.80. The molecular weight excluding hydrogens is 340 g/mol. The van der Waals surface area contributed by atoms with Crippen LogP contribution in [0.3, 0.4) is 0 Å². The molecule has 9 heteroatoms. The highest BCUT2D eigenvalue weighted by Crippen LogP contribution is 2.34. The molecule has 1 fully saturated rings. The number of nitrogens with one attached hydrogen (secondary N) is 2. The van der Waals surface area contributed by atoms with E-state index in [9.17, 15) is 23.1 Å². The Morgan fingerprint density at radius 3 is 2.70 bits per heavy atom. The van der Waals surface area contributed by atoms with Gasteiger partial charge in [-0.3, -0.25) is 9.59 Å². The molecule has 0 radical (unpaired) electrons. The first-order chi connectivity index (χ1) is 10.7. The number of carboxylic acids is 1. The van der Waals surface area contributed by atoms with Crippen molar-refractivity contribution in [1.29, 1.82) is 0 Å². The predicted octanol–water partition coefficient (Wildman–Crippen LogP) is 1.42. The lowest BCUT2D eigenvalue weighted by Gasteiger charge is -2.39. The quantitative estimate of drug-likeness (QED) is 0.735. The molecule has 0 spiro atoms. The van der Waals surface area contributed by atoms with E-state index in [-0.39, 0.29) is 9.77 Å². The molecule has 1 saturated carbocycles. The number of thiophene rings is 1. The van der Waals surface area contributed by atoms with E-state index in [0.717, 1.165) is 24.2 Å². The summed E-state index contributed by atoms with van der Waals surface area (Å²) in [4.78, 5) is 24.1. The maximum absolute atomic E-state index is 12.4. The first kappa shape index (κ1) is 17.9. The highest BCUT2D eigenvalue weighted by atomic mass is 32.2. The molecule has 2 atom stereocenters. The number of sulfonamides is 1. The average Bonchev–Trinajstić information content (AvgIpc) is 2.97. The number of hydrogen-bond acceptors (Lipinski definition) is 5. The van der Waals surface area contributed by atoms with Crippen LogP contribution in [0.1, 0.15) is 42.3 Å². The van der Waals surface area contributed by atoms with Gasteiger partial charge in [0.1, 0.15) is 0 Å². The van der Waals surface area contributed by atoms with Gasteiger partial charge in [-0.25, -0.2) is 13.1 Å². The van der Waals surface area contributed by atoms with E-state index >= 15 is 0 Å². The second-order valence-electron chi connectivity index (χ2n) is 5.86. The molecule has 0 bridgehead atoms. The van der Waals surface area contributed by atoms with Gasteiger partial charge >= 0.3 is 5.97 Å². The van der Waals surface area contributed by atoms with Gasteiger partial charge in [-0.15, -0.1) is 11.3 Å². The van der Waals surface area contributed by atoms with Crippen molar-refractivity contribution in [2.45, 2.75) is 43.0 Å². The minimum atomic E-state index is -3.60. The molecule has 1 aliphatic rings. The SMILES string of the molecule is CNS(=O)(=O)c1csc(C(=O)NC2(C)CCCCC2C(=O)O)c1. The number of hydrogen-bond donors (Lipinski definition) is 3. The van der Waals surface area contributed by atoms with Crippen LogP contribution in [0.15, 0.2) is 16.3 Å². The van der Waals surface area contributed by atoms with Crippen LogP contribution < -0.4 is 10.0 Å². The van der Waals surface area contributed by atoms with Crippen molar-refractivity contribution >= 4 is 33.2 Å². The number of carbonyl (C=O) groups is 2. The summed E-state index contributed by atoms with van der Waals surface area (Å²) in [6.07, 6.45) is 2.79. The molecule has 128 valence electrons. The maximum atomic E-state index is 12.4. The third-order valence-corrected chi connectivity index (χ3v) is 6.76. The van der Waals surface area contributed by atoms with Crippen molar-refractivity contribution in [2.24, 2.45) is 5.92 Å². The van der Waals surface area contributed by atoms with Crippen LogP contribution in [0.5, 0.6) is 0 Å². The number of carbonyl (C=O) groups excluding carboxylic acids is 1. The fourth-order valence-electron chi connectivity index (χ4n) is 2.90. The first-order valence-electron chi connectivity index (χ1n) is 7.27. The molecule has 1 aromatic heterocycles. The molecule has 2 unspecified atom stereocenters. The summed E-state index contributed by atoms with van der Waals surface area (Å²) in [7, 11) is -2.30. The molecule has 1 aromatic rings. The third-order valence-electron chi connectivity index (χ3n) is 4.28. The molecule has 0 aliphatic heterocycles. The summed E-state index contributed by atoms with van der Waals surface area (Å²) in [6.45, 7) is 1.74. The number of carboxylic acid groups (broad SMARTS) is 1. The van der Waals surface area contributed by atoms with E-state index in [1.54, 1.807) is 6.92 Å². The van der Waals surface area contributed by atoms with Crippen molar-refractivity contribution in [3.63, 3.8) is 0 Å². The van der Waals surface area contributed by atoms with Crippen molar-refractivity contribution in [3.05, 3.63) is 16.3 Å². The summed E-state index contributed by atoms with van der Waals surface area (Å²) in [5.74, 6) is -2.00. The van der Waals surface area contributed by atoms with Gasteiger partial charge in [0.25, 0.3) is 5.91 Å². The summed E-state index contributed by atoms with van der Waals surface area (Å²) in [5, 5.41) is 13.6. The Balaban J connectivity index is 2.19.